The van der Waals surface area contributed by atoms with Gasteiger partial charge in [0, 0.05) is 18.6 Å². The van der Waals surface area contributed by atoms with E-state index in [0.29, 0.717) is 0 Å². The Labute approximate surface area is 96.0 Å². The molecule has 71 valence electrons. The van der Waals surface area contributed by atoms with E-state index in [9.17, 15) is 0 Å². The van der Waals surface area contributed by atoms with Gasteiger partial charge in [-0.15, -0.1) is 0 Å². The Morgan fingerprint density at radius 3 is 0.929 bits per heavy atom. The SMILES string of the molecule is C1=CCC=C1.[C]=O.[C]=O.[C]=O.[C]=O.[V]. The Morgan fingerprint density at radius 1 is 0.643 bits per heavy atom. The van der Waals surface area contributed by atoms with E-state index in [1.165, 1.54) is 0 Å². The summed E-state index contributed by atoms with van der Waals surface area (Å²) in [7, 11) is 0. The van der Waals surface area contributed by atoms with Gasteiger partial charge < -0.3 is 0 Å². The quantitative estimate of drug-likeness (QED) is 0.582. The number of hydrogen-bond donors (Lipinski definition) is 0. The van der Waals surface area contributed by atoms with Crippen LogP contribution in [0.2, 0.25) is 0 Å². The first-order chi connectivity index (χ1) is 6.50. The molecular formula is C9H6O4V. The molecule has 14 heavy (non-hydrogen) atoms. The van der Waals surface area contributed by atoms with Crippen LogP contribution in [0.1, 0.15) is 6.42 Å². The summed E-state index contributed by atoms with van der Waals surface area (Å²) in [4.78, 5) is 30.0. The Bertz CT molecular complexity index is 108. The van der Waals surface area contributed by atoms with Crippen LogP contribution in [0.25, 0.3) is 0 Å². The molecule has 1 aliphatic rings. The molecule has 0 heterocycles. The maximum absolute atomic E-state index is 7.50. The first-order valence-corrected chi connectivity index (χ1v) is 2.63. The molecule has 1 rings (SSSR count). The van der Waals surface area contributed by atoms with Gasteiger partial charge in [0.15, 0.2) is 0 Å². The van der Waals surface area contributed by atoms with Gasteiger partial charge in [-0.25, -0.2) is 0 Å². The third kappa shape index (κ3) is 72.8. The van der Waals surface area contributed by atoms with Crippen molar-refractivity contribution in [3.8, 4) is 0 Å². The second-order valence-electron chi connectivity index (χ2n) is 1.09. The molecule has 0 aliphatic heterocycles. The van der Waals surface area contributed by atoms with E-state index >= 15 is 0 Å². The zero-order chi connectivity index (χ0) is 11.5. The molecule has 0 atom stereocenters. The summed E-state index contributed by atoms with van der Waals surface area (Å²) in [5.74, 6) is 0. The van der Waals surface area contributed by atoms with Gasteiger partial charge in [-0.1, -0.05) is 24.3 Å². The van der Waals surface area contributed by atoms with Gasteiger partial charge in [0.05, 0.1) is 0 Å². The molecule has 9 radical (unpaired) electrons. The molecule has 0 aromatic heterocycles. The molecule has 0 saturated carbocycles. The number of allylic oxidation sites excluding steroid dienone is 4. The van der Waals surface area contributed by atoms with Crippen molar-refractivity contribution in [1.82, 2.24) is 0 Å². The van der Waals surface area contributed by atoms with Crippen LogP contribution in [0.4, 0.5) is 0 Å². The average molecular weight is 229 g/mol. The molecule has 4 nitrogen and oxygen atoms in total. The fraction of sp³-hybridized carbons (Fsp3) is 0.111. The Kier molecular flexibility index (Phi) is 202. The van der Waals surface area contributed by atoms with E-state index in [2.05, 4.69) is 51.5 Å². The minimum absolute atomic E-state index is 0. The Morgan fingerprint density at radius 2 is 0.857 bits per heavy atom. The minimum atomic E-state index is 0. The van der Waals surface area contributed by atoms with Crippen LogP contribution in [-0.4, -0.2) is 27.2 Å². The smallest absolute Gasteiger partial charge is 0.281 e. The second-order valence-corrected chi connectivity index (χ2v) is 1.09. The van der Waals surface area contributed by atoms with Gasteiger partial charge in [0.25, 0.3) is 27.2 Å². The topological polar surface area (TPSA) is 68.3 Å². The number of hydrogen-bond acceptors (Lipinski definition) is 4. The zero-order valence-electron chi connectivity index (χ0n) is 7.10. The summed E-state index contributed by atoms with van der Waals surface area (Å²) in [6.07, 6.45) is 9.50. The molecule has 0 unspecified atom stereocenters. The molecule has 0 aromatic carbocycles. The summed E-state index contributed by atoms with van der Waals surface area (Å²) in [5.41, 5.74) is 0. The van der Waals surface area contributed by atoms with Crippen molar-refractivity contribution < 1.29 is 37.7 Å². The third-order valence-electron chi connectivity index (χ3n) is 0.655. The van der Waals surface area contributed by atoms with Gasteiger partial charge in [0.2, 0.25) is 0 Å². The number of rotatable bonds is 0. The fourth-order valence-corrected chi connectivity index (χ4v) is 0.393. The third-order valence-corrected chi connectivity index (χ3v) is 0.655. The van der Waals surface area contributed by atoms with Crippen molar-refractivity contribution in [3.05, 3.63) is 24.3 Å². The van der Waals surface area contributed by atoms with Crippen molar-refractivity contribution in [1.29, 1.82) is 0 Å². The predicted octanol–water partition coefficient (Wildman–Crippen LogP) is -0.0884. The van der Waals surface area contributed by atoms with Gasteiger partial charge in [0.1, 0.15) is 0 Å². The maximum atomic E-state index is 7.50. The summed E-state index contributed by atoms with van der Waals surface area (Å²) >= 11 is 0. The van der Waals surface area contributed by atoms with Crippen LogP contribution < -0.4 is 0 Å². The fourth-order valence-electron chi connectivity index (χ4n) is 0.393. The van der Waals surface area contributed by atoms with Crippen LogP contribution in [0.5, 0.6) is 0 Å². The molecule has 0 saturated heterocycles. The number of carbonyl (C=O) groups excluding carboxylic acids is 4. The molecular weight excluding hydrogens is 223 g/mol. The molecule has 1 aliphatic carbocycles. The predicted molar refractivity (Wildman–Crippen MR) is 45.7 cm³/mol. The van der Waals surface area contributed by atoms with Gasteiger partial charge >= 0.3 is 0 Å². The Hall–Kier alpha value is -1.26. The molecule has 0 amide bonds. The summed E-state index contributed by atoms with van der Waals surface area (Å²) in [6.45, 7) is 18.0. The standard InChI is InChI=1S/C5H6.4CO.V/c1-2-4-5-3-1;4*1-2;/h1-4H,5H2;;;;;. The average Bonchev–Trinajstić information content (AvgIpc) is 2.87. The molecule has 0 N–H and O–H groups in total. The molecule has 0 fully saturated rings. The van der Waals surface area contributed by atoms with Gasteiger partial charge in [-0.3, -0.25) is 19.2 Å². The van der Waals surface area contributed by atoms with Crippen molar-refractivity contribution in [2.24, 2.45) is 0 Å². The van der Waals surface area contributed by atoms with Crippen molar-refractivity contribution >= 4 is 27.2 Å². The zero-order valence-corrected chi connectivity index (χ0v) is 8.49. The molecule has 0 bridgehead atoms. The first kappa shape index (κ1) is 29.3. The van der Waals surface area contributed by atoms with Crippen molar-refractivity contribution in [2.45, 2.75) is 6.42 Å². The van der Waals surface area contributed by atoms with E-state index in [1.807, 2.05) is 0 Å². The van der Waals surface area contributed by atoms with Gasteiger partial charge in [-0.05, 0) is 6.42 Å². The van der Waals surface area contributed by atoms with Gasteiger partial charge in [-0.2, -0.15) is 0 Å². The van der Waals surface area contributed by atoms with Crippen LogP contribution in [0.3, 0.4) is 0 Å². The largest absolute Gasteiger partial charge is 0.281 e. The second kappa shape index (κ2) is 96.7. The maximum Gasteiger partial charge on any atom is 0.281 e. The van der Waals surface area contributed by atoms with E-state index < -0.39 is 0 Å². The van der Waals surface area contributed by atoms with Crippen LogP contribution in [0, 0.1) is 0 Å². The molecule has 0 aromatic rings. The van der Waals surface area contributed by atoms with E-state index in [-0.39, 0.29) is 18.6 Å². The molecule has 0 spiro atoms. The van der Waals surface area contributed by atoms with E-state index in [0.717, 1.165) is 6.42 Å². The van der Waals surface area contributed by atoms with Crippen molar-refractivity contribution in [3.63, 3.8) is 0 Å². The Balaban J connectivity index is -0.0000000267. The van der Waals surface area contributed by atoms with E-state index in [4.69, 9.17) is 19.2 Å². The summed E-state index contributed by atoms with van der Waals surface area (Å²) in [6, 6.07) is 0. The molecule has 5 heteroatoms. The minimum Gasteiger partial charge on any atom is -0.281 e. The summed E-state index contributed by atoms with van der Waals surface area (Å²) in [5, 5.41) is 0. The summed E-state index contributed by atoms with van der Waals surface area (Å²) < 4.78 is 0. The van der Waals surface area contributed by atoms with Crippen LogP contribution in [0.15, 0.2) is 24.3 Å². The normalized spacial score (nSPS) is 7.43. The van der Waals surface area contributed by atoms with Crippen LogP contribution in [-0.2, 0) is 37.7 Å². The monoisotopic (exact) mass is 229 g/mol. The first-order valence-electron chi connectivity index (χ1n) is 2.63. The van der Waals surface area contributed by atoms with Crippen LogP contribution >= 0.6 is 0 Å². The van der Waals surface area contributed by atoms with Crippen molar-refractivity contribution in [2.75, 3.05) is 0 Å². The van der Waals surface area contributed by atoms with E-state index in [1.54, 1.807) is 0 Å².